The van der Waals surface area contributed by atoms with E-state index in [1.165, 1.54) is 4.88 Å². The lowest BCUT2D eigenvalue weighted by Crippen LogP contribution is -2.20. The molecule has 0 unspecified atom stereocenters. The number of fused-ring (bicyclic) bond motifs is 1. The average molecular weight is 362 g/mol. The number of pyridine rings is 1. The van der Waals surface area contributed by atoms with Gasteiger partial charge in [0, 0.05) is 39.3 Å². The number of para-hydroxylation sites is 1. The summed E-state index contributed by atoms with van der Waals surface area (Å²) in [5.41, 5.74) is 7.98. The van der Waals surface area contributed by atoms with Gasteiger partial charge in [-0.05, 0) is 34.1 Å². The van der Waals surface area contributed by atoms with Gasteiger partial charge in [0.05, 0.1) is 12.1 Å². The highest BCUT2D eigenvalue weighted by Crippen LogP contribution is 2.26. The minimum absolute atomic E-state index is 0.492. The monoisotopic (exact) mass is 361 g/mol. The van der Waals surface area contributed by atoms with Crippen LogP contribution in [0.3, 0.4) is 0 Å². The van der Waals surface area contributed by atoms with Gasteiger partial charge >= 0.3 is 0 Å². The van der Waals surface area contributed by atoms with Crippen molar-refractivity contribution in [2.75, 3.05) is 11.9 Å². The Morgan fingerprint density at radius 1 is 1.29 bits per heavy atom. The largest absolute Gasteiger partial charge is 0.354 e. The number of halogens is 1. The van der Waals surface area contributed by atoms with Crippen molar-refractivity contribution in [1.29, 1.82) is 0 Å². The molecule has 2 heterocycles. The van der Waals surface area contributed by atoms with Crippen molar-refractivity contribution in [3.05, 3.63) is 56.7 Å². The maximum atomic E-state index is 5.91. The van der Waals surface area contributed by atoms with Gasteiger partial charge in [-0.1, -0.05) is 18.2 Å². The number of thiophene rings is 1. The maximum Gasteiger partial charge on any atom is 0.133 e. The molecular formula is C16H16BrN3S. The first-order valence-corrected chi connectivity index (χ1v) is 8.37. The van der Waals surface area contributed by atoms with Crippen molar-refractivity contribution in [2.24, 2.45) is 5.73 Å². The molecule has 2 N–H and O–H groups in total. The summed E-state index contributed by atoms with van der Waals surface area (Å²) in [6, 6.07) is 12.4. The molecular weight excluding hydrogens is 346 g/mol. The van der Waals surface area contributed by atoms with Crippen LogP contribution in [0.2, 0.25) is 0 Å². The van der Waals surface area contributed by atoms with Gasteiger partial charge < -0.3 is 10.6 Å². The molecule has 5 heteroatoms. The number of nitrogens with two attached hydrogens (primary N) is 1. The van der Waals surface area contributed by atoms with E-state index < -0.39 is 0 Å². The number of nitrogens with zero attached hydrogens (tertiary/aromatic N) is 2. The molecule has 0 saturated carbocycles. The lowest BCUT2D eigenvalue weighted by atomic mass is 10.1. The standard InChI is InChI=1S/C16H16BrN3S/c1-20(9-14-7-13(17)10-21-14)16-12(8-18)6-11-4-2-3-5-15(11)19-16/h2-7,10H,8-9,18H2,1H3. The van der Waals surface area contributed by atoms with E-state index >= 15 is 0 Å². The highest BCUT2D eigenvalue weighted by Gasteiger charge is 2.11. The van der Waals surface area contributed by atoms with Crippen molar-refractivity contribution in [1.82, 2.24) is 4.98 Å². The van der Waals surface area contributed by atoms with Crippen molar-refractivity contribution < 1.29 is 0 Å². The molecule has 0 aliphatic rings. The molecule has 108 valence electrons. The molecule has 0 bridgehead atoms. The van der Waals surface area contributed by atoms with Gasteiger partial charge in [0.25, 0.3) is 0 Å². The summed E-state index contributed by atoms with van der Waals surface area (Å²) < 4.78 is 1.13. The minimum atomic E-state index is 0.492. The van der Waals surface area contributed by atoms with Gasteiger partial charge in [-0.25, -0.2) is 4.98 Å². The van der Waals surface area contributed by atoms with Gasteiger partial charge in [-0.2, -0.15) is 0 Å². The van der Waals surface area contributed by atoms with Crippen LogP contribution in [0.15, 0.2) is 46.3 Å². The van der Waals surface area contributed by atoms with Gasteiger partial charge in [-0.3, -0.25) is 0 Å². The summed E-state index contributed by atoms with van der Waals surface area (Å²) in [7, 11) is 2.06. The lowest BCUT2D eigenvalue weighted by molar-refractivity contribution is 0.894. The number of benzene rings is 1. The number of anilines is 1. The summed E-state index contributed by atoms with van der Waals surface area (Å²) in [6.07, 6.45) is 0. The van der Waals surface area contributed by atoms with Crippen molar-refractivity contribution in [3.63, 3.8) is 0 Å². The fourth-order valence-corrected chi connectivity index (χ4v) is 3.88. The summed E-state index contributed by atoms with van der Waals surface area (Å²) >= 11 is 5.24. The summed E-state index contributed by atoms with van der Waals surface area (Å²) in [5.74, 6) is 0.959. The third-order valence-electron chi connectivity index (χ3n) is 3.38. The number of aromatic nitrogens is 1. The van der Waals surface area contributed by atoms with Crippen LogP contribution in [0.5, 0.6) is 0 Å². The predicted molar refractivity (Wildman–Crippen MR) is 93.8 cm³/mol. The highest BCUT2D eigenvalue weighted by atomic mass is 79.9. The van der Waals surface area contributed by atoms with Crippen LogP contribution in [-0.2, 0) is 13.1 Å². The Morgan fingerprint density at radius 3 is 2.81 bits per heavy atom. The maximum absolute atomic E-state index is 5.91. The third-order valence-corrected chi connectivity index (χ3v) is 5.06. The smallest absolute Gasteiger partial charge is 0.133 e. The first-order chi connectivity index (χ1) is 10.2. The quantitative estimate of drug-likeness (QED) is 0.758. The first kappa shape index (κ1) is 14.5. The molecule has 0 atom stereocenters. The minimum Gasteiger partial charge on any atom is -0.354 e. The summed E-state index contributed by atoms with van der Waals surface area (Å²) in [5, 5.41) is 3.23. The average Bonchev–Trinajstić information content (AvgIpc) is 2.90. The molecule has 0 aliphatic heterocycles. The molecule has 0 radical (unpaired) electrons. The molecule has 3 rings (SSSR count). The molecule has 3 nitrogen and oxygen atoms in total. The fourth-order valence-electron chi connectivity index (χ4n) is 2.38. The van der Waals surface area contributed by atoms with Crippen LogP contribution in [0, 0.1) is 0 Å². The van der Waals surface area contributed by atoms with Gasteiger partial charge in [0.1, 0.15) is 5.82 Å². The van der Waals surface area contributed by atoms with E-state index in [-0.39, 0.29) is 0 Å². The Kier molecular flexibility index (Phi) is 4.24. The number of hydrogen-bond acceptors (Lipinski definition) is 4. The highest BCUT2D eigenvalue weighted by molar-refractivity contribution is 9.10. The Balaban J connectivity index is 1.97. The van der Waals surface area contributed by atoms with Crippen LogP contribution >= 0.6 is 27.3 Å². The van der Waals surface area contributed by atoms with E-state index in [1.807, 2.05) is 18.2 Å². The molecule has 3 aromatic rings. The topological polar surface area (TPSA) is 42.2 Å². The molecule has 0 aliphatic carbocycles. The zero-order chi connectivity index (χ0) is 14.8. The Labute approximate surface area is 136 Å². The summed E-state index contributed by atoms with van der Waals surface area (Å²) in [6.45, 7) is 1.32. The fraction of sp³-hybridized carbons (Fsp3) is 0.188. The molecule has 0 spiro atoms. The number of rotatable bonds is 4. The SMILES string of the molecule is CN(Cc1cc(Br)cs1)c1nc2ccccc2cc1CN. The molecule has 0 saturated heterocycles. The second kappa shape index (κ2) is 6.13. The van der Waals surface area contributed by atoms with Gasteiger partial charge in [0.2, 0.25) is 0 Å². The molecule has 2 aromatic heterocycles. The second-order valence-corrected chi connectivity index (χ2v) is 6.87. The Hall–Kier alpha value is -1.43. The molecule has 1 aromatic carbocycles. The van der Waals surface area contributed by atoms with E-state index in [9.17, 15) is 0 Å². The normalized spacial score (nSPS) is 11.0. The zero-order valence-corrected chi connectivity index (χ0v) is 14.1. The van der Waals surface area contributed by atoms with Crippen molar-refractivity contribution in [3.8, 4) is 0 Å². The van der Waals surface area contributed by atoms with Gasteiger partial charge in [-0.15, -0.1) is 11.3 Å². The second-order valence-electron chi connectivity index (χ2n) is 4.96. The lowest BCUT2D eigenvalue weighted by Gasteiger charge is -2.21. The molecule has 0 fully saturated rings. The first-order valence-electron chi connectivity index (χ1n) is 6.70. The third kappa shape index (κ3) is 3.10. The van der Waals surface area contributed by atoms with Crippen LogP contribution in [-0.4, -0.2) is 12.0 Å². The Morgan fingerprint density at radius 2 is 2.10 bits per heavy atom. The number of hydrogen-bond donors (Lipinski definition) is 1. The zero-order valence-electron chi connectivity index (χ0n) is 11.7. The predicted octanol–water partition coefficient (Wildman–Crippen LogP) is 4.15. The van der Waals surface area contributed by atoms with E-state index in [0.717, 1.165) is 33.3 Å². The molecule has 0 amide bonds. The Bertz CT molecular complexity index is 769. The van der Waals surface area contributed by atoms with Crippen molar-refractivity contribution >= 4 is 44.0 Å². The molecule has 21 heavy (non-hydrogen) atoms. The summed E-state index contributed by atoms with van der Waals surface area (Å²) in [4.78, 5) is 8.24. The van der Waals surface area contributed by atoms with Crippen LogP contribution < -0.4 is 10.6 Å². The van der Waals surface area contributed by atoms with Gasteiger partial charge in [0.15, 0.2) is 0 Å². The van der Waals surface area contributed by atoms with Crippen molar-refractivity contribution in [2.45, 2.75) is 13.1 Å². The van der Waals surface area contributed by atoms with E-state index in [0.29, 0.717) is 6.54 Å². The van der Waals surface area contributed by atoms with Crippen LogP contribution in [0.25, 0.3) is 10.9 Å². The van der Waals surface area contributed by atoms with E-state index in [1.54, 1.807) is 11.3 Å². The van der Waals surface area contributed by atoms with Crippen LogP contribution in [0.1, 0.15) is 10.4 Å². The van der Waals surface area contributed by atoms with E-state index in [2.05, 4.69) is 51.5 Å². The van der Waals surface area contributed by atoms with E-state index in [4.69, 9.17) is 10.7 Å². The van der Waals surface area contributed by atoms with Crippen LogP contribution in [0.4, 0.5) is 5.82 Å².